The van der Waals surface area contributed by atoms with Gasteiger partial charge in [-0.25, -0.2) is 0 Å². The average Bonchev–Trinajstić information content (AvgIpc) is 2.48. The van der Waals surface area contributed by atoms with Crippen molar-refractivity contribution in [3.8, 4) is 0 Å². The molecule has 5 nitrogen and oxygen atoms in total. The van der Waals surface area contributed by atoms with Gasteiger partial charge in [0.2, 0.25) is 0 Å². The van der Waals surface area contributed by atoms with E-state index in [9.17, 15) is 14.9 Å². The molecule has 5 heteroatoms. The molecular formula is C16H16N2O3. The SMILES string of the molecule is Cc1ccccc1CN(C)c1ccc(C=O)cc1[N+](=O)[O-]. The van der Waals surface area contributed by atoms with Gasteiger partial charge in [-0.15, -0.1) is 0 Å². The molecule has 0 aliphatic carbocycles. The quantitative estimate of drug-likeness (QED) is 0.480. The number of anilines is 1. The Morgan fingerprint density at radius 2 is 1.95 bits per heavy atom. The van der Waals surface area contributed by atoms with Gasteiger partial charge < -0.3 is 4.90 Å². The van der Waals surface area contributed by atoms with E-state index in [-0.39, 0.29) is 5.69 Å². The molecule has 0 saturated carbocycles. The summed E-state index contributed by atoms with van der Waals surface area (Å²) in [4.78, 5) is 23.3. The van der Waals surface area contributed by atoms with Crippen LogP contribution >= 0.6 is 0 Å². The molecule has 0 fully saturated rings. The Bertz CT molecular complexity index is 683. The minimum atomic E-state index is -0.462. The summed E-state index contributed by atoms with van der Waals surface area (Å²) in [6.45, 7) is 2.57. The average molecular weight is 284 g/mol. The second-order valence-electron chi connectivity index (χ2n) is 4.91. The number of aldehydes is 1. The number of rotatable bonds is 5. The van der Waals surface area contributed by atoms with Crippen LogP contribution < -0.4 is 4.90 Å². The molecule has 0 bridgehead atoms. The molecule has 2 aromatic carbocycles. The van der Waals surface area contributed by atoms with E-state index in [0.717, 1.165) is 11.1 Å². The molecule has 21 heavy (non-hydrogen) atoms. The maximum atomic E-state index is 11.2. The fraction of sp³-hybridized carbons (Fsp3) is 0.188. The molecule has 0 atom stereocenters. The van der Waals surface area contributed by atoms with Crippen molar-refractivity contribution in [1.29, 1.82) is 0 Å². The third-order valence-electron chi connectivity index (χ3n) is 3.41. The summed E-state index contributed by atoms with van der Waals surface area (Å²) in [6, 6.07) is 12.4. The molecule has 0 saturated heterocycles. The van der Waals surface area contributed by atoms with E-state index >= 15 is 0 Å². The van der Waals surface area contributed by atoms with Crippen molar-refractivity contribution in [3.05, 3.63) is 69.3 Å². The Labute approximate surface area is 123 Å². The summed E-state index contributed by atoms with van der Waals surface area (Å²) in [7, 11) is 1.80. The summed E-state index contributed by atoms with van der Waals surface area (Å²) in [5.74, 6) is 0. The van der Waals surface area contributed by atoms with Crippen molar-refractivity contribution in [3.63, 3.8) is 0 Å². The fourth-order valence-corrected chi connectivity index (χ4v) is 2.21. The molecule has 0 spiro atoms. The zero-order chi connectivity index (χ0) is 15.4. The largest absolute Gasteiger partial charge is 0.365 e. The molecule has 0 heterocycles. The first-order chi connectivity index (χ1) is 10.0. The number of benzene rings is 2. The highest BCUT2D eigenvalue weighted by atomic mass is 16.6. The van der Waals surface area contributed by atoms with E-state index in [1.54, 1.807) is 19.2 Å². The number of hydrogen-bond acceptors (Lipinski definition) is 4. The lowest BCUT2D eigenvalue weighted by atomic mass is 10.1. The van der Waals surface area contributed by atoms with E-state index in [0.29, 0.717) is 24.1 Å². The van der Waals surface area contributed by atoms with Crippen molar-refractivity contribution in [1.82, 2.24) is 0 Å². The first-order valence-corrected chi connectivity index (χ1v) is 6.52. The standard InChI is InChI=1S/C16H16N2O3/c1-12-5-3-4-6-14(12)10-17(2)15-8-7-13(11-19)9-16(15)18(20)21/h3-9,11H,10H2,1-2H3. The van der Waals surface area contributed by atoms with Crippen LogP contribution in [0.1, 0.15) is 21.5 Å². The third-order valence-corrected chi connectivity index (χ3v) is 3.41. The van der Waals surface area contributed by atoms with E-state index in [1.165, 1.54) is 6.07 Å². The van der Waals surface area contributed by atoms with E-state index in [4.69, 9.17) is 0 Å². The molecule has 0 radical (unpaired) electrons. The van der Waals surface area contributed by atoms with Crippen LogP contribution in [0.4, 0.5) is 11.4 Å². The van der Waals surface area contributed by atoms with Gasteiger partial charge in [0.1, 0.15) is 12.0 Å². The summed E-state index contributed by atoms with van der Waals surface area (Å²) in [6.07, 6.45) is 0.609. The maximum absolute atomic E-state index is 11.2. The normalized spacial score (nSPS) is 10.2. The number of nitro groups is 1. The lowest BCUT2D eigenvalue weighted by Crippen LogP contribution is -2.18. The predicted octanol–water partition coefficient (Wildman–Crippen LogP) is 3.35. The molecule has 0 unspecified atom stereocenters. The van der Waals surface area contributed by atoms with Gasteiger partial charge in [-0.3, -0.25) is 14.9 Å². The highest BCUT2D eigenvalue weighted by molar-refractivity contribution is 5.79. The number of carbonyl (C=O) groups excluding carboxylic acids is 1. The van der Waals surface area contributed by atoms with Crippen molar-refractivity contribution in [2.75, 3.05) is 11.9 Å². The molecular weight excluding hydrogens is 268 g/mol. The van der Waals surface area contributed by atoms with Crippen LogP contribution in [0.25, 0.3) is 0 Å². The second kappa shape index (κ2) is 6.17. The Morgan fingerprint density at radius 1 is 1.24 bits per heavy atom. The van der Waals surface area contributed by atoms with Gasteiger partial charge in [-0.05, 0) is 30.2 Å². The zero-order valence-electron chi connectivity index (χ0n) is 11.9. The van der Waals surface area contributed by atoms with Gasteiger partial charge in [-0.1, -0.05) is 24.3 Å². The first kappa shape index (κ1) is 14.7. The van der Waals surface area contributed by atoms with Crippen LogP contribution in [0.3, 0.4) is 0 Å². The molecule has 108 valence electrons. The first-order valence-electron chi connectivity index (χ1n) is 6.52. The highest BCUT2D eigenvalue weighted by Gasteiger charge is 2.18. The van der Waals surface area contributed by atoms with Crippen molar-refractivity contribution < 1.29 is 9.72 Å². The minimum Gasteiger partial charge on any atom is -0.365 e. The topological polar surface area (TPSA) is 63.5 Å². The number of hydrogen-bond donors (Lipinski definition) is 0. The Kier molecular flexibility index (Phi) is 4.33. The minimum absolute atomic E-state index is 0.0596. The molecule has 0 amide bonds. The van der Waals surface area contributed by atoms with Crippen LogP contribution in [-0.4, -0.2) is 18.3 Å². The number of nitrogens with zero attached hydrogens (tertiary/aromatic N) is 2. The molecule has 0 aliphatic rings. The zero-order valence-corrected chi connectivity index (χ0v) is 11.9. The van der Waals surface area contributed by atoms with Crippen molar-refractivity contribution >= 4 is 17.7 Å². The van der Waals surface area contributed by atoms with E-state index in [1.807, 2.05) is 36.1 Å². The van der Waals surface area contributed by atoms with Crippen molar-refractivity contribution in [2.45, 2.75) is 13.5 Å². The van der Waals surface area contributed by atoms with Gasteiger partial charge in [0, 0.05) is 25.2 Å². The van der Waals surface area contributed by atoms with Crippen LogP contribution in [0.2, 0.25) is 0 Å². The molecule has 0 aromatic heterocycles. The third kappa shape index (κ3) is 3.25. The summed E-state index contributed by atoms with van der Waals surface area (Å²) in [5, 5.41) is 11.2. The molecule has 0 aliphatic heterocycles. The van der Waals surface area contributed by atoms with Crippen LogP contribution in [0, 0.1) is 17.0 Å². The summed E-state index contributed by atoms with van der Waals surface area (Å²) < 4.78 is 0. The van der Waals surface area contributed by atoms with Gasteiger partial charge in [0.15, 0.2) is 0 Å². The van der Waals surface area contributed by atoms with Crippen LogP contribution in [0.5, 0.6) is 0 Å². The number of nitro benzene ring substituents is 1. The van der Waals surface area contributed by atoms with Gasteiger partial charge in [0.05, 0.1) is 4.92 Å². The predicted molar refractivity (Wildman–Crippen MR) is 81.8 cm³/mol. The fourth-order valence-electron chi connectivity index (χ4n) is 2.21. The van der Waals surface area contributed by atoms with Crippen LogP contribution in [-0.2, 0) is 6.54 Å². The smallest absolute Gasteiger partial charge is 0.293 e. The van der Waals surface area contributed by atoms with Crippen molar-refractivity contribution in [2.24, 2.45) is 0 Å². The van der Waals surface area contributed by atoms with Gasteiger partial charge >= 0.3 is 0 Å². The molecule has 0 N–H and O–H groups in total. The number of carbonyl (C=O) groups is 1. The Morgan fingerprint density at radius 3 is 2.57 bits per heavy atom. The number of aryl methyl sites for hydroxylation is 1. The second-order valence-corrected chi connectivity index (χ2v) is 4.91. The molecule has 2 aromatic rings. The Balaban J connectivity index is 2.35. The lowest BCUT2D eigenvalue weighted by Gasteiger charge is -2.20. The van der Waals surface area contributed by atoms with E-state index in [2.05, 4.69) is 0 Å². The van der Waals surface area contributed by atoms with Crippen LogP contribution in [0.15, 0.2) is 42.5 Å². The summed E-state index contributed by atoms with van der Waals surface area (Å²) >= 11 is 0. The van der Waals surface area contributed by atoms with Gasteiger partial charge in [0.25, 0.3) is 5.69 Å². The summed E-state index contributed by atoms with van der Waals surface area (Å²) in [5.41, 5.74) is 2.98. The monoisotopic (exact) mass is 284 g/mol. The highest BCUT2D eigenvalue weighted by Crippen LogP contribution is 2.29. The maximum Gasteiger partial charge on any atom is 0.293 e. The molecule has 2 rings (SSSR count). The van der Waals surface area contributed by atoms with Gasteiger partial charge in [-0.2, -0.15) is 0 Å². The van der Waals surface area contributed by atoms with E-state index < -0.39 is 4.92 Å². The lowest BCUT2D eigenvalue weighted by molar-refractivity contribution is -0.384. The Hall–Kier alpha value is -2.69.